The number of para-hydroxylation sites is 1. The van der Waals surface area contributed by atoms with E-state index in [1.807, 2.05) is 30.3 Å². The lowest BCUT2D eigenvalue weighted by Crippen LogP contribution is -2.44. The van der Waals surface area contributed by atoms with Crippen LogP contribution < -0.4 is 5.73 Å². The van der Waals surface area contributed by atoms with Gasteiger partial charge in [0, 0.05) is 12.6 Å². The van der Waals surface area contributed by atoms with E-state index in [1.54, 1.807) is 0 Å². The number of nitrogens with zero attached hydrogens (tertiary/aromatic N) is 2. The van der Waals surface area contributed by atoms with Crippen molar-refractivity contribution in [2.24, 2.45) is 11.7 Å². The first-order valence-electron chi connectivity index (χ1n) is 8.47. The van der Waals surface area contributed by atoms with E-state index in [0.717, 1.165) is 12.0 Å². The number of nitro groups is 1. The number of sulfonamides is 1. The third-order valence-corrected chi connectivity index (χ3v) is 6.73. The number of hydrogen-bond acceptors (Lipinski definition) is 5. The fourth-order valence-electron chi connectivity index (χ4n) is 3.60. The van der Waals surface area contributed by atoms with Crippen LogP contribution in [0.5, 0.6) is 0 Å². The van der Waals surface area contributed by atoms with Crippen LogP contribution in [-0.4, -0.2) is 30.7 Å². The Morgan fingerprint density at radius 2 is 1.77 bits per heavy atom. The van der Waals surface area contributed by atoms with Gasteiger partial charge in [0.25, 0.3) is 5.69 Å². The van der Waals surface area contributed by atoms with Gasteiger partial charge in [-0.15, -0.1) is 0 Å². The average Bonchev–Trinajstić information content (AvgIpc) is 2.68. The van der Waals surface area contributed by atoms with Crippen molar-refractivity contribution >= 4 is 15.7 Å². The Hall–Kier alpha value is -2.29. The quantitative estimate of drug-likeness (QED) is 0.639. The molecule has 138 valence electrons. The molecule has 0 bridgehead atoms. The largest absolute Gasteiger partial charge is 0.330 e. The van der Waals surface area contributed by atoms with E-state index in [1.165, 1.54) is 28.6 Å². The van der Waals surface area contributed by atoms with Crippen LogP contribution in [0.25, 0.3) is 0 Å². The molecule has 2 atom stereocenters. The molecule has 0 saturated carbocycles. The van der Waals surface area contributed by atoms with E-state index in [2.05, 4.69) is 0 Å². The van der Waals surface area contributed by atoms with Crippen LogP contribution in [0.4, 0.5) is 5.69 Å². The molecule has 7 nitrogen and oxygen atoms in total. The van der Waals surface area contributed by atoms with Crippen molar-refractivity contribution in [3.8, 4) is 0 Å². The van der Waals surface area contributed by atoms with Crippen molar-refractivity contribution in [3.63, 3.8) is 0 Å². The van der Waals surface area contributed by atoms with Gasteiger partial charge in [0.1, 0.15) is 0 Å². The summed E-state index contributed by atoms with van der Waals surface area (Å²) in [6.07, 6.45) is 1.49. The smallest absolute Gasteiger partial charge is 0.289 e. The van der Waals surface area contributed by atoms with Gasteiger partial charge in [-0.3, -0.25) is 10.1 Å². The number of hydrogen-bond donors (Lipinski definition) is 1. The highest BCUT2D eigenvalue weighted by Crippen LogP contribution is 2.40. The van der Waals surface area contributed by atoms with Crippen molar-refractivity contribution < 1.29 is 13.3 Å². The monoisotopic (exact) mass is 375 g/mol. The van der Waals surface area contributed by atoms with Gasteiger partial charge in [0.2, 0.25) is 10.0 Å². The Morgan fingerprint density at radius 1 is 1.12 bits per heavy atom. The van der Waals surface area contributed by atoms with Crippen LogP contribution in [-0.2, 0) is 10.0 Å². The molecule has 3 rings (SSSR count). The van der Waals surface area contributed by atoms with Gasteiger partial charge < -0.3 is 5.73 Å². The van der Waals surface area contributed by atoms with Gasteiger partial charge in [-0.05, 0) is 36.9 Å². The minimum absolute atomic E-state index is 0.0382. The van der Waals surface area contributed by atoms with Crippen LogP contribution in [0.2, 0.25) is 0 Å². The summed E-state index contributed by atoms with van der Waals surface area (Å²) in [6.45, 7) is 0.660. The molecule has 1 fully saturated rings. The topological polar surface area (TPSA) is 107 Å². The summed E-state index contributed by atoms with van der Waals surface area (Å²) in [7, 11) is -4.04. The standard InChI is InChI=1S/C18H21N3O4S/c19-13-15-9-6-12-20(18(15)14-7-2-1-3-8-14)26(24,25)17-11-5-4-10-16(17)21(22)23/h1-5,7-8,10-11,15,18H,6,9,12-13,19H2/t15-,18+/m0/s1. The molecule has 0 unspecified atom stereocenters. The zero-order chi connectivity index (χ0) is 18.7. The molecule has 0 aromatic heterocycles. The van der Waals surface area contributed by atoms with Gasteiger partial charge in [-0.25, -0.2) is 8.42 Å². The number of nitro benzene ring substituents is 1. The average molecular weight is 375 g/mol. The molecule has 2 aromatic rings. The van der Waals surface area contributed by atoms with Crippen molar-refractivity contribution in [1.82, 2.24) is 4.31 Å². The van der Waals surface area contributed by atoms with Gasteiger partial charge in [-0.2, -0.15) is 4.31 Å². The summed E-state index contributed by atoms with van der Waals surface area (Å²) < 4.78 is 28.1. The lowest BCUT2D eigenvalue weighted by Gasteiger charge is -2.40. The Bertz CT molecular complexity index is 886. The lowest BCUT2D eigenvalue weighted by atomic mass is 9.86. The van der Waals surface area contributed by atoms with Crippen LogP contribution in [0.1, 0.15) is 24.4 Å². The van der Waals surface area contributed by atoms with Crippen LogP contribution >= 0.6 is 0 Å². The Morgan fingerprint density at radius 3 is 2.42 bits per heavy atom. The second-order valence-corrected chi connectivity index (χ2v) is 8.19. The van der Waals surface area contributed by atoms with Gasteiger partial charge in [0.05, 0.1) is 11.0 Å². The van der Waals surface area contributed by atoms with E-state index in [0.29, 0.717) is 19.5 Å². The van der Waals surface area contributed by atoms with Crippen LogP contribution in [0.3, 0.4) is 0 Å². The maximum Gasteiger partial charge on any atom is 0.289 e. The summed E-state index contributed by atoms with van der Waals surface area (Å²) in [5.41, 5.74) is 6.37. The van der Waals surface area contributed by atoms with Crippen molar-refractivity contribution in [3.05, 3.63) is 70.3 Å². The molecule has 8 heteroatoms. The number of benzene rings is 2. The maximum atomic E-state index is 13.3. The predicted molar refractivity (Wildman–Crippen MR) is 97.9 cm³/mol. The molecule has 1 aliphatic heterocycles. The zero-order valence-electron chi connectivity index (χ0n) is 14.2. The first-order chi connectivity index (χ1) is 12.5. The molecule has 1 heterocycles. The summed E-state index contributed by atoms with van der Waals surface area (Å²) in [4.78, 5) is 10.4. The fraction of sp³-hybridized carbons (Fsp3) is 0.333. The van der Waals surface area contributed by atoms with Crippen molar-refractivity contribution in [2.75, 3.05) is 13.1 Å². The zero-order valence-corrected chi connectivity index (χ0v) is 15.0. The molecule has 0 amide bonds. The van der Waals surface area contributed by atoms with E-state index in [-0.39, 0.29) is 10.8 Å². The van der Waals surface area contributed by atoms with Crippen LogP contribution in [0, 0.1) is 16.0 Å². The second kappa shape index (κ2) is 7.53. The number of rotatable bonds is 5. The fourth-order valence-corrected chi connectivity index (χ4v) is 5.47. The Labute approximate surface area is 152 Å². The maximum absolute atomic E-state index is 13.3. The molecular weight excluding hydrogens is 354 g/mol. The van der Waals surface area contributed by atoms with Crippen molar-refractivity contribution in [2.45, 2.75) is 23.8 Å². The number of nitrogens with two attached hydrogens (primary N) is 1. The highest BCUT2D eigenvalue weighted by atomic mass is 32.2. The minimum atomic E-state index is -4.04. The summed E-state index contributed by atoms with van der Waals surface area (Å²) in [5.74, 6) is -0.0382. The minimum Gasteiger partial charge on any atom is -0.330 e. The summed E-state index contributed by atoms with van der Waals surface area (Å²) in [6, 6.07) is 14.4. The van der Waals surface area contributed by atoms with E-state index < -0.39 is 26.7 Å². The molecular formula is C18H21N3O4S. The molecule has 1 aliphatic rings. The van der Waals surface area contributed by atoms with Gasteiger partial charge in [0.15, 0.2) is 4.90 Å². The van der Waals surface area contributed by atoms with Gasteiger partial charge >= 0.3 is 0 Å². The molecule has 0 spiro atoms. The highest BCUT2D eigenvalue weighted by molar-refractivity contribution is 7.89. The molecule has 2 aromatic carbocycles. The Balaban J connectivity index is 2.11. The first kappa shape index (κ1) is 18.5. The normalized spacial score (nSPS) is 21.4. The molecule has 0 aliphatic carbocycles. The third kappa shape index (κ3) is 3.35. The first-order valence-corrected chi connectivity index (χ1v) is 9.91. The Kier molecular flexibility index (Phi) is 5.36. The van der Waals surface area contributed by atoms with Crippen LogP contribution in [0.15, 0.2) is 59.5 Å². The van der Waals surface area contributed by atoms with E-state index >= 15 is 0 Å². The summed E-state index contributed by atoms with van der Waals surface area (Å²) >= 11 is 0. The van der Waals surface area contributed by atoms with Gasteiger partial charge in [-0.1, -0.05) is 42.5 Å². The highest BCUT2D eigenvalue weighted by Gasteiger charge is 2.41. The molecule has 0 radical (unpaired) electrons. The summed E-state index contributed by atoms with van der Waals surface area (Å²) in [5, 5.41) is 11.3. The van der Waals surface area contributed by atoms with E-state index in [4.69, 9.17) is 5.73 Å². The SMILES string of the molecule is NC[C@@H]1CCCN(S(=O)(=O)c2ccccc2[N+](=O)[O-])[C@@H]1c1ccccc1. The molecule has 26 heavy (non-hydrogen) atoms. The second-order valence-electron chi connectivity index (χ2n) is 6.33. The predicted octanol–water partition coefficient (Wildman–Crippen LogP) is 2.70. The number of piperidine rings is 1. The third-order valence-electron chi connectivity index (χ3n) is 4.80. The lowest BCUT2D eigenvalue weighted by molar-refractivity contribution is -0.387. The van der Waals surface area contributed by atoms with Crippen molar-refractivity contribution in [1.29, 1.82) is 0 Å². The van der Waals surface area contributed by atoms with E-state index in [9.17, 15) is 18.5 Å². The molecule has 2 N–H and O–H groups in total. The molecule has 1 saturated heterocycles.